The molecule has 0 saturated carbocycles. The van der Waals surface area contributed by atoms with Crippen LogP contribution in [0.1, 0.15) is 0 Å². The van der Waals surface area contributed by atoms with Crippen molar-refractivity contribution in [1.82, 2.24) is 0 Å². The fraction of sp³-hybridized carbons (Fsp3) is 0. The van der Waals surface area contributed by atoms with E-state index in [2.05, 4.69) is 254 Å². The van der Waals surface area contributed by atoms with Gasteiger partial charge in [0.05, 0.1) is 0 Å². The third-order valence-corrected chi connectivity index (χ3v) is 15.6. The molecule has 0 aliphatic carbocycles. The van der Waals surface area contributed by atoms with E-state index in [1.165, 1.54) is 107 Å². The van der Waals surface area contributed by atoms with Crippen LogP contribution in [0.2, 0.25) is 0 Å². The molecule has 0 atom stereocenters. The molecule has 0 radical (unpaired) electrons. The van der Waals surface area contributed by atoms with Crippen LogP contribution in [0.15, 0.2) is 249 Å². The molecule has 0 bridgehead atoms. The molecule has 0 spiro atoms. The topological polar surface area (TPSA) is 3.24 Å². The van der Waals surface area contributed by atoms with Crippen LogP contribution in [0.5, 0.6) is 0 Å². The summed E-state index contributed by atoms with van der Waals surface area (Å²) in [7, 11) is 0. The Morgan fingerprint density at radius 2 is 0.597 bits per heavy atom. The van der Waals surface area contributed by atoms with Crippen molar-refractivity contribution in [2.45, 2.75) is 0 Å². The van der Waals surface area contributed by atoms with Crippen molar-refractivity contribution in [3.63, 3.8) is 0 Å². The second kappa shape index (κ2) is 16.4. The molecule has 3 heteroatoms. The predicted octanol–water partition coefficient (Wildman–Crippen LogP) is 19.4. The number of rotatable bonds is 8. The largest absolute Gasteiger partial charge is 0.311 e. The highest BCUT2D eigenvalue weighted by Gasteiger charge is 2.16. The van der Waals surface area contributed by atoms with Crippen molar-refractivity contribution in [2.24, 2.45) is 0 Å². The molecule has 0 aliphatic heterocycles. The summed E-state index contributed by atoms with van der Waals surface area (Å²) >= 11 is 3.73. The lowest BCUT2D eigenvalue weighted by molar-refractivity contribution is 1.28. The normalized spacial score (nSPS) is 11.6. The lowest BCUT2D eigenvalue weighted by Crippen LogP contribution is -2.09. The minimum atomic E-state index is 1.10. The van der Waals surface area contributed by atoms with Crippen molar-refractivity contribution in [3.05, 3.63) is 249 Å². The molecule has 67 heavy (non-hydrogen) atoms. The quantitative estimate of drug-likeness (QED) is 0.147. The Morgan fingerprint density at radius 3 is 1.22 bits per heavy atom. The highest BCUT2D eigenvalue weighted by molar-refractivity contribution is 7.26. The molecule has 0 amide bonds. The van der Waals surface area contributed by atoms with Gasteiger partial charge in [-0.25, -0.2) is 0 Å². The average molecular weight is 888 g/mol. The predicted molar refractivity (Wildman–Crippen MR) is 292 cm³/mol. The number of thiophene rings is 2. The van der Waals surface area contributed by atoms with Crippen LogP contribution in [-0.4, -0.2) is 0 Å². The lowest BCUT2D eigenvalue weighted by Gasteiger charge is -2.26. The molecule has 314 valence electrons. The summed E-state index contributed by atoms with van der Waals surface area (Å²) in [6, 6.07) is 91.4. The minimum Gasteiger partial charge on any atom is -0.311 e. The Morgan fingerprint density at radius 1 is 0.209 bits per heavy atom. The van der Waals surface area contributed by atoms with Gasteiger partial charge in [-0.1, -0.05) is 170 Å². The summed E-state index contributed by atoms with van der Waals surface area (Å²) in [4.78, 5) is 2.37. The van der Waals surface area contributed by atoms with E-state index in [1.54, 1.807) is 0 Å². The first-order valence-corrected chi connectivity index (χ1v) is 24.4. The second-order valence-electron chi connectivity index (χ2n) is 17.3. The van der Waals surface area contributed by atoms with Crippen LogP contribution in [0.4, 0.5) is 17.1 Å². The van der Waals surface area contributed by atoms with E-state index < -0.39 is 0 Å². The Labute approximate surface area is 397 Å². The number of hydrogen-bond donors (Lipinski definition) is 0. The second-order valence-corrected chi connectivity index (χ2v) is 19.5. The first-order valence-electron chi connectivity index (χ1n) is 22.8. The van der Waals surface area contributed by atoms with E-state index in [9.17, 15) is 0 Å². The van der Waals surface area contributed by atoms with Gasteiger partial charge >= 0.3 is 0 Å². The zero-order valence-corrected chi connectivity index (χ0v) is 38.1. The van der Waals surface area contributed by atoms with E-state index in [4.69, 9.17) is 0 Å². The van der Waals surface area contributed by atoms with Gasteiger partial charge in [0.25, 0.3) is 0 Å². The minimum absolute atomic E-state index is 1.10. The summed E-state index contributed by atoms with van der Waals surface area (Å²) in [6.45, 7) is 0. The third-order valence-electron chi connectivity index (χ3n) is 13.3. The molecule has 11 aromatic carbocycles. The number of fused-ring (bicyclic) bond motifs is 7. The zero-order chi connectivity index (χ0) is 44.3. The van der Waals surface area contributed by atoms with Crippen LogP contribution in [0, 0.1) is 0 Å². The summed E-state index contributed by atoms with van der Waals surface area (Å²) in [5.41, 5.74) is 15.4. The first kappa shape index (κ1) is 39.3. The lowest BCUT2D eigenvalue weighted by atomic mass is 9.96. The van der Waals surface area contributed by atoms with E-state index in [-0.39, 0.29) is 0 Å². The smallest absolute Gasteiger partial charge is 0.0462 e. The molecule has 2 heterocycles. The van der Waals surface area contributed by atoms with Gasteiger partial charge in [0.1, 0.15) is 0 Å². The van der Waals surface area contributed by atoms with Crippen LogP contribution >= 0.6 is 22.7 Å². The van der Waals surface area contributed by atoms with E-state index in [0.717, 1.165) is 17.1 Å². The fourth-order valence-electron chi connectivity index (χ4n) is 9.77. The highest BCUT2D eigenvalue weighted by atomic mass is 32.1. The molecule has 1 nitrogen and oxygen atoms in total. The van der Waals surface area contributed by atoms with Crippen molar-refractivity contribution in [1.29, 1.82) is 0 Å². The summed E-state index contributed by atoms with van der Waals surface area (Å²) < 4.78 is 5.29. The van der Waals surface area contributed by atoms with E-state index >= 15 is 0 Å². The molecular weight excluding hydrogens is 847 g/mol. The Balaban J connectivity index is 0.816. The van der Waals surface area contributed by atoms with Gasteiger partial charge in [-0.05, 0) is 145 Å². The standard InChI is InChI=1S/C64H41NS2/c1-2-9-48-39-51(21-20-42(48)8-1)50-11-7-10-49(38-50)45-18-16-43(17-19-45)44-22-30-54(31-23-44)65(55-32-24-46(25-33-55)52-29-37-63-60(40-52)58-13-4-6-15-62(58)66-63)56-34-26-47(27-35-56)53-28-36-59-57-12-3-5-14-61(57)67-64(59)41-53/h1-41H. The Bertz CT molecular complexity index is 3950. The van der Waals surface area contributed by atoms with Crippen molar-refractivity contribution in [3.8, 4) is 55.6 Å². The number of nitrogens with zero attached hydrogens (tertiary/aromatic N) is 1. The van der Waals surface area contributed by atoms with Gasteiger partial charge in [0.15, 0.2) is 0 Å². The molecule has 13 rings (SSSR count). The Hall–Kier alpha value is -8.08. The average Bonchev–Trinajstić information content (AvgIpc) is 3.97. The van der Waals surface area contributed by atoms with Crippen LogP contribution in [0.3, 0.4) is 0 Å². The highest BCUT2D eigenvalue weighted by Crippen LogP contribution is 2.41. The molecule has 2 aromatic heterocycles. The van der Waals surface area contributed by atoms with Gasteiger partial charge in [0.2, 0.25) is 0 Å². The van der Waals surface area contributed by atoms with Gasteiger partial charge in [-0.2, -0.15) is 0 Å². The van der Waals surface area contributed by atoms with Gasteiger partial charge in [-0.3, -0.25) is 0 Å². The number of hydrogen-bond acceptors (Lipinski definition) is 3. The van der Waals surface area contributed by atoms with Crippen molar-refractivity contribution < 1.29 is 0 Å². The van der Waals surface area contributed by atoms with Crippen LogP contribution in [0.25, 0.3) is 107 Å². The molecule has 0 unspecified atom stereocenters. The Kier molecular flexibility index (Phi) is 9.63. The molecule has 0 N–H and O–H groups in total. The number of benzene rings is 11. The maximum atomic E-state index is 2.37. The molecule has 0 fully saturated rings. The van der Waals surface area contributed by atoms with Gasteiger partial charge in [0, 0.05) is 57.4 Å². The maximum absolute atomic E-state index is 2.37. The van der Waals surface area contributed by atoms with Crippen LogP contribution < -0.4 is 4.90 Å². The molecule has 13 aromatic rings. The van der Waals surface area contributed by atoms with Gasteiger partial charge in [-0.15, -0.1) is 22.7 Å². The zero-order valence-electron chi connectivity index (χ0n) is 36.4. The molecule has 0 saturated heterocycles. The SMILES string of the molecule is c1cc(-c2ccc(-c3ccc(N(c4ccc(-c5ccc6c(c5)sc5ccccc56)cc4)c4ccc(-c5ccc6sc7ccccc7c6c5)cc4)cc3)cc2)cc(-c2ccc3ccccc3c2)c1. The van der Waals surface area contributed by atoms with E-state index in [1.807, 2.05) is 22.7 Å². The summed E-state index contributed by atoms with van der Waals surface area (Å²) in [5.74, 6) is 0. The third kappa shape index (κ3) is 7.26. The molecular formula is C64H41NS2. The van der Waals surface area contributed by atoms with Gasteiger partial charge < -0.3 is 4.90 Å². The summed E-state index contributed by atoms with van der Waals surface area (Å²) in [5, 5.41) is 7.80. The molecule has 0 aliphatic rings. The van der Waals surface area contributed by atoms with Crippen molar-refractivity contribution in [2.75, 3.05) is 4.90 Å². The van der Waals surface area contributed by atoms with E-state index in [0.29, 0.717) is 0 Å². The monoisotopic (exact) mass is 887 g/mol. The number of anilines is 3. The maximum Gasteiger partial charge on any atom is 0.0462 e. The van der Waals surface area contributed by atoms with Crippen LogP contribution in [-0.2, 0) is 0 Å². The summed E-state index contributed by atoms with van der Waals surface area (Å²) in [6.07, 6.45) is 0. The fourth-order valence-corrected chi connectivity index (χ4v) is 12.0. The van der Waals surface area contributed by atoms with Crippen molar-refractivity contribution >= 4 is 90.9 Å². The first-order chi connectivity index (χ1) is 33.1.